The Bertz CT molecular complexity index is 1880. The normalized spacial score (nSPS) is 12.6. The number of methoxy groups -OCH3 is 1. The highest BCUT2D eigenvalue weighted by molar-refractivity contribution is 7.91. The largest absolute Gasteiger partial charge is 0.383 e. The summed E-state index contributed by atoms with van der Waals surface area (Å²) in [5, 5.41) is 8.85. The molecule has 1 atom stereocenters. The Hall–Kier alpha value is -3.11. The number of hydrogen-bond acceptors (Lipinski definition) is 9. The molecule has 0 saturated carbocycles. The molecule has 0 radical (unpaired) electrons. The minimum Gasteiger partial charge on any atom is -0.383 e. The van der Waals surface area contributed by atoms with Gasteiger partial charge >= 0.3 is 0 Å². The lowest BCUT2D eigenvalue weighted by Gasteiger charge is -2.16. The summed E-state index contributed by atoms with van der Waals surface area (Å²) >= 11 is 13.1. The summed E-state index contributed by atoms with van der Waals surface area (Å²) in [7, 11) is -6.62. The second-order valence-corrected chi connectivity index (χ2v) is 15.4. The summed E-state index contributed by atoms with van der Waals surface area (Å²) in [5.74, 6) is -2.33. The SMILES string of the molecule is COCCNC(=O)c1ccc(-c2ccc3nc(C(C(=O)NCCS(N)(=O)=O)S(=O)(=O)Cc4cc(Cl)cc(Cl)c4)sc3c2)cc1. The minimum absolute atomic E-state index is 0.00135. The topological polar surface area (TPSA) is 175 Å². The predicted octanol–water partition coefficient (Wildman–Crippen LogP) is 3.71. The van der Waals surface area contributed by atoms with Crippen LogP contribution in [0.2, 0.25) is 10.0 Å². The van der Waals surface area contributed by atoms with E-state index in [2.05, 4.69) is 15.6 Å². The smallest absolute Gasteiger partial charge is 0.251 e. The van der Waals surface area contributed by atoms with Crippen LogP contribution >= 0.6 is 34.5 Å². The molecular formula is C28H28Cl2N4O7S3. The predicted molar refractivity (Wildman–Crippen MR) is 172 cm³/mol. The minimum atomic E-state index is -4.27. The van der Waals surface area contributed by atoms with Crippen LogP contribution in [0.25, 0.3) is 21.3 Å². The maximum absolute atomic E-state index is 13.7. The molecule has 0 aliphatic heterocycles. The molecule has 4 aromatic rings. The third kappa shape index (κ3) is 8.97. The van der Waals surface area contributed by atoms with Gasteiger partial charge in [0, 0.05) is 35.8 Å². The van der Waals surface area contributed by atoms with Gasteiger partial charge in [-0.15, -0.1) is 11.3 Å². The summed E-state index contributed by atoms with van der Waals surface area (Å²) in [5.41, 5.74) is 2.80. The Labute approximate surface area is 268 Å². The van der Waals surface area contributed by atoms with Crippen LogP contribution < -0.4 is 15.8 Å². The van der Waals surface area contributed by atoms with E-state index in [1.807, 2.05) is 6.07 Å². The molecular weight excluding hydrogens is 671 g/mol. The number of primary sulfonamides is 1. The average molecular weight is 700 g/mol. The summed E-state index contributed by atoms with van der Waals surface area (Å²) in [6.45, 7) is 0.395. The van der Waals surface area contributed by atoms with Crippen molar-refractivity contribution in [1.82, 2.24) is 15.6 Å². The van der Waals surface area contributed by atoms with Gasteiger partial charge in [0.15, 0.2) is 15.1 Å². The lowest BCUT2D eigenvalue weighted by molar-refractivity contribution is -0.120. The number of sulfonamides is 1. The van der Waals surface area contributed by atoms with Gasteiger partial charge in [-0.2, -0.15) is 0 Å². The number of carbonyl (C=O) groups excluding carboxylic acids is 2. The second kappa shape index (κ2) is 14.3. The zero-order chi connectivity index (χ0) is 32.1. The molecule has 3 aromatic carbocycles. The molecule has 0 spiro atoms. The molecule has 4 N–H and O–H groups in total. The number of amides is 2. The van der Waals surface area contributed by atoms with Crippen LogP contribution in [0.4, 0.5) is 0 Å². The van der Waals surface area contributed by atoms with E-state index >= 15 is 0 Å². The van der Waals surface area contributed by atoms with E-state index in [1.165, 1.54) is 18.2 Å². The van der Waals surface area contributed by atoms with Crippen molar-refractivity contribution in [2.45, 2.75) is 11.0 Å². The Morgan fingerprint density at radius 3 is 2.23 bits per heavy atom. The number of thiazole rings is 1. The van der Waals surface area contributed by atoms with Crippen LogP contribution in [0, 0.1) is 0 Å². The van der Waals surface area contributed by atoms with Crippen LogP contribution in [-0.2, 0) is 35.1 Å². The monoisotopic (exact) mass is 698 g/mol. The number of ether oxygens (including phenoxy) is 1. The first-order valence-electron chi connectivity index (χ1n) is 13.0. The summed E-state index contributed by atoms with van der Waals surface area (Å²) in [6.07, 6.45) is 0. The highest BCUT2D eigenvalue weighted by atomic mass is 35.5. The number of nitrogens with zero attached hydrogens (tertiary/aromatic N) is 1. The number of nitrogens with one attached hydrogen (secondary N) is 2. The number of sulfone groups is 1. The van der Waals surface area contributed by atoms with Gasteiger partial charge in [0.2, 0.25) is 15.9 Å². The van der Waals surface area contributed by atoms with E-state index in [-0.39, 0.29) is 33.1 Å². The van der Waals surface area contributed by atoms with Crippen molar-refractivity contribution in [3.8, 4) is 11.1 Å². The molecule has 44 heavy (non-hydrogen) atoms. The van der Waals surface area contributed by atoms with Crippen LogP contribution in [-0.4, -0.2) is 66.2 Å². The van der Waals surface area contributed by atoms with E-state index in [0.717, 1.165) is 22.5 Å². The van der Waals surface area contributed by atoms with Gasteiger partial charge in [0.25, 0.3) is 5.91 Å². The molecule has 1 heterocycles. The fourth-order valence-corrected chi connectivity index (χ4v) is 8.36. The number of rotatable bonds is 13. The van der Waals surface area contributed by atoms with Crippen molar-refractivity contribution in [1.29, 1.82) is 0 Å². The molecule has 16 heteroatoms. The molecule has 0 bridgehead atoms. The second-order valence-electron chi connectivity index (χ2n) is 9.68. The van der Waals surface area contributed by atoms with Gasteiger partial charge in [-0.1, -0.05) is 41.4 Å². The van der Waals surface area contributed by atoms with Gasteiger partial charge in [-0.05, 0) is 59.2 Å². The first kappa shape index (κ1) is 33.8. The Balaban J connectivity index is 1.65. The molecule has 234 valence electrons. The number of benzene rings is 3. The number of hydrogen-bond donors (Lipinski definition) is 3. The summed E-state index contributed by atoms with van der Waals surface area (Å²) in [6, 6.07) is 16.6. The van der Waals surface area contributed by atoms with Crippen molar-refractivity contribution < 1.29 is 31.2 Å². The van der Waals surface area contributed by atoms with Crippen LogP contribution in [0.5, 0.6) is 0 Å². The molecule has 11 nitrogen and oxygen atoms in total. The quantitative estimate of drug-likeness (QED) is 0.177. The fraction of sp³-hybridized carbons (Fsp3) is 0.250. The molecule has 1 unspecified atom stereocenters. The van der Waals surface area contributed by atoms with E-state index < -0.39 is 42.5 Å². The van der Waals surface area contributed by atoms with Crippen molar-refractivity contribution in [3.63, 3.8) is 0 Å². The van der Waals surface area contributed by atoms with Crippen molar-refractivity contribution in [3.05, 3.63) is 86.8 Å². The Morgan fingerprint density at radius 2 is 1.59 bits per heavy atom. The molecule has 0 saturated heterocycles. The van der Waals surface area contributed by atoms with E-state index in [0.29, 0.717) is 28.9 Å². The van der Waals surface area contributed by atoms with Gasteiger partial charge in [-0.3, -0.25) is 9.59 Å². The number of halogens is 2. The van der Waals surface area contributed by atoms with Gasteiger partial charge in [0.05, 0.1) is 28.3 Å². The van der Waals surface area contributed by atoms with Gasteiger partial charge in [-0.25, -0.2) is 27.0 Å². The average Bonchev–Trinajstić information content (AvgIpc) is 3.34. The van der Waals surface area contributed by atoms with Gasteiger partial charge < -0.3 is 15.4 Å². The van der Waals surface area contributed by atoms with Crippen molar-refractivity contribution >= 4 is 76.4 Å². The Kier molecular flexibility index (Phi) is 11.0. The molecule has 0 fully saturated rings. The third-order valence-electron chi connectivity index (χ3n) is 6.27. The standard InChI is InChI=1S/C28H28Cl2N4O7S3/c1-41-10-8-32-26(35)19-4-2-18(3-5-19)20-6-7-23-24(14-20)42-28(34-23)25(27(36)33-9-11-44(31,39)40)43(37,38)16-17-12-21(29)15-22(30)13-17/h2-7,12-15,25H,8-11,16H2,1H3,(H,32,35)(H,33,36)(H2,31,39,40). The highest BCUT2D eigenvalue weighted by Crippen LogP contribution is 2.35. The summed E-state index contributed by atoms with van der Waals surface area (Å²) in [4.78, 5) is 30.1. The van der Waals surface area contributed by atoms with Crippen molar-refractivity contribution in [2.75, 3.05) is 32.6 Å². The molecule has 0 aliphatic carbocycles. The lowest BCUT2D eigenvalue weighted by atomic mass is 10.0. The highest BCUT2D eigenvalue weighted by Gasteiger charge is 2.37. The zero-order valence-corrected chi connectivity index (χ0v) is 27.2. The molecule has 4 rings (SSSR count). The number of aromatic nitrogens is 1. The first-order valence-corrected chi connectivity index (χ1v) is 18.0. The number of nitrogens with two attached hydrogens (primary N) is 1. The number of carbonyl (C=O) groups is 2. The first-order chi connectivity index (χ1) is 20.8. The Morgan fingerprint density at radius 1 is 0.932 bits per heavy atom. The van der Waals surface area contributed by atoms with E-state index in [4.69, 9.17) is 33.1 Å². The number of fused-ring (bicyclic) bond motifs is 1. The fourth-order valence-electron chi connectivity index (χ4n) is 4.26. The van der Waals surface area contributed by atoms with Gasteiger partial charge in [0.1, 0.15) is 5.01 Å². The maximum Gasteiger partial charge on any atom is 0.251 e. The van der Waals surface area contributed by atoms with Crippen LogP contribution in [0.15, 0.2) is 60.7 Å². The molecule has 2 amide bonds. The molecule has 0 aliphatic rings. The maximum atomic E-state index is 13.7. The zero-order valence-electron chi connectivity index (χ0n) is 23.2. The molecule has 1 aromatic heterocycles. The van der Waals surface area contributed by atoms with Crippen molar-refractivity contribution in [2.24, 2.45) is 5.14 Å². The van der Waals surface area contributed by atoms with Crippen LogP contribution in [0.1, 0.15) is 26.2 Å². The lowest BCUT2D eigenvalue weighted by Crippen LogP contribution is -2.37. The van der Waals surface area contributed by atoms with E-state index in [1.54, 1.807) is 43.5 Å². The third-order valence-corrected chi connectivity index (χ3v) is 10.6. The van der Waals surface area contributed by atoms with E-state index in [9.17, 15) is 26.4 Å². The summed E-state index contributed by atoms with van der Waals surface area (Å²) < 4.78 is 55.7. The van der Waals surface area contributed by atoms with Crippen LogP contribution in [0.3, 0.4) is 0 Å².